The van der Waals surface area contributed by atoms with E-state index >= 15 is 0 Å². The normalized spacial score (nSPS) is 16.7. The highest BCUT2D eigenvalue weighted by Gasteiger charge is 2.14. The summed E-state index contributed by atoms with van der Waals surface area (Å²) >= 11 is 0. The van der Waals surface area contributed by atoms with Gasteiger partial charge in [-0.2, -0.15) is 0 Å². The number of benzene rings is 1. The van der Waals surface area contributed by atoms with Gasteiger partial charge in [-0.05, 0) is 25.8 Å². The third kappa shape index (κ3) is 3.39. The van der Waals surface area contributed by atoms with Crippen LogP contribution in [0.5, 0.6) is 11.5 Å². The fourth-order valence-electron chi connectivity index (χ4n) is 2.54. The second kappa shape index (κ2) is 6.64. The van der Waals surface area contributed by atoms with Gasteiger partial charge in [-0.3, -0.25) is 0 Å². The molecule has 100 valence electrons. The molecule has 0 saturated heterocycles. The average Bonchev–Trinajstić information content (AvgIpc) is 2.41. The van der Waals surface area contributed by atoms with Gasteiger partial charge < -0.3 is 15.2 Å². The molecule has 0 radical (unpaired) electrons. The van der Waals surface area contributed by atoms with Crippen molar-refractivity contribution in [2.75, 3.05) is 6.61 Å². The molecule has 0 amide bonds. The van der Waals surface area contributed by atoms with Gasteiger partial charge >= 0.3 is 0 Å². The quantitative estimate of drug-likeness (QED) is 0.842. The van der Waals surface area contributed by atoms with Crippen molar-refractivity contribution in [2.45, 2.75) is 51.6 Å². The van der Waals surface area contributed by atoms with E-state index in [4.69, 9.17) is 4.74 Å². The van der Waals surface area contributed by atoms with Crippen LogP contribution in [-0.4, -0.2) is 17.8 Å². The van der Waals surface area contributed by atoms with E-state index in [2.05, 4.69) is 5.32 Å². The minimum absolute atomic E-state index is 0.280. The maximum absolute atomic E-state index is 10.1. The zero-order valence-corrected chi connectivity index (χ0v) is 11.1. The maximum Gasteiger partial charge on any atom is 0.162 e. The standard InChI is InChI=1S/C15H23NO2/c1-2-18-14-10-6-7-12(15(14)17)11-16-13-8-4-3-5-9-13/h6-7,10,13,16-17H,2-5,8-9,11H2,1H3. The molecule has 0 heterocycles. The molecular weight excluding hydrogens is 226 g/mol. The first kappa shape index (κ1) is 13.2. The highest BCUT2D eigenvalue weighted by atomic mass is 16.5. The number of phenols is 1. The lowest BCUT2D eigenvalue weighted by molar-refractivity contribution is 0.315. The van der Waals surface area contributed by atoms with E-state index in [1.807, 2.05) is 25.1 Å². The van der Waals surface area contributed by atoms with Crippen LogP contribution in [0.3, 0.4) is 0 Å². The number of phenolic OH excluding ortho intramolecular Hbond substituents is 1. The average molecular weight is 249 g/mol. The van der Waals surface area contributed by atoms with Gasteiger partial charge in [-0.25, -0.2) is 0 Å². The van der Waals surface area contributed by atoms with Crippen LogP contribution in [0.15, 0.2) is 18.2 Å². The Balaban J connectivity index is 1.93. The molecule has 1 aliphatic carbocycles. The van der Waals surface area contributed by atoms with E-state index in [9.17, 15) is 5.11 Å². The van der Waals surface area contributed by atoms with Gasteiger partial charge in [0.15, 0.2) is 11.5 Å². The van der Waals surface area contributed by atoms with Crippen molar-refractivity contribution in [2.24, 2.45) is 0 Å². The smallest absolute Gasteiger partial charge is 0.162 e. The molecule has 1 aromatic carbocycles. The molecule has 0 unspecified atom stereocenters. The summed E-state index contributed by atoms with van der Waals surface area (Å²) in [5.74, 6) is 0.864. The summed E-state index contributed by atoms with van der Waals surface area (Å²) in [5.41, 5.74) is 0.923. The molecule has 3 nitrogen and oxygen atoms in total. The Morgan fingerprint density at radius 3 is 2.78 bits per heavy atom. The second-order valence-corrected chi connectivity index (χ2v) is 4.91. The number of nitrogens with one attached hydrogen (secondary N) is 1. The second-order valence-electron chi connectivity index (χ2n) is 4.91. The number of hydrogen-bond acceptors (Lipinski definition) is 3. The number of rotatable bonds is 5. The van der Waals surface area contributed by atoms with Gasteiger partial charge in [0.25, 0.3) is 0 Å². The Labute approximate surface area is 109 Å². The highest BCUT2D eigenvalue weighted by Crippen LogP contribution is 2.30. The topological polar surface area (TPSA) is 41.5 Å². The van der Waals surface area contributed by atoms with E-state index in [1.165, 1.54) is 32.1 Å². The highest BCUT2D eigenvalue weighted by molar-refractivity contribution is 5.45. The number of ether oxygens (including phenoxy) is 1. The summed E-state index contributed by atoms with van der Waals surface area (Å²) in [5, 5.41) is 13.6. The third-order valence-electron chi connectivity index (χ3n) is 3.57. The van der Waals surface area contributed by atoms with Crippen molar-refractivity contribution in [3.63, 3.8) is 0 Å². The first-order chi connectivity index (χ1) is 8.81. The van der Waals surface area contributed by atoms with Crippen LogP contribution in [-0.2, 0) is 6.54 Å². The van der Waals surface area contributed by atoms with Crippen LogP contribution >= 0.6 is 0 Å². The van der Waals surface area contributed by atoms with Gasteiger partial charge in [-0.1, -0.05) is 31.4 Å². The molecule has 0 aromatic heterocycles. The molecule has 1 saturated carbocycles. The molecular formula is C15H23NO2. The number of aromatic hydroxyl groups is 1. The molecule has 1 aromatic rings. The van der Waals surface area contributed by atoms with Crippen LogP contribution in [0.1, 0.15) is 44.6 Å². The summed E-state index contributed by atoms with van der Waals surface area (Å²) in [6.07, 6.45) is 6.52. The Kier molecular flexibility index (Phi) is 4.88. The first-order valence-corrected chi connectivity index (χ1v) is 6.98. The van der Waals surface area contributed by atoms with Crippen molar-refractivity contribution < 1.29 is 9.84 Å². The Hall–Kier alpha value is -1.22. The zero-order chi connectivity index (χ0) is 12.8. The molecule has 1 aliphatic rings. The molecule has 2 rings (SSSR count). The summed E-state index contributed by atoms with van der Waals surface area (Å²) in [6, 6.07) is 6.30. The Morgan fingerprint density at radius 2 is 2.06 bits per heavy atom. The van der Waals surface area contributed by atoms with Crippen LogP contribution in [0.2, 0.25) is 0 Å². The zero-order valence-electron chi connectivity index (χ0n) is 11.1. The minimum Gasteiger partial charge on any atom is -0.504 e. The molecule has 18 heavy (non-hydrogen) atoms. The number of para-hydroxylation sites is 1. The molecule has 0 aliphatic heterocycles. The Bertz CT molecular complexity index is 373. The van der Waals surface area contributed by atoms with Crippen LogP contribution in [0, 0.1) is 0 Å². The van der Waals surface area contributed by atoms with E-state index in [-0.39, 0.29) is 5.75 Å². The maximum atomic E-state index is 10.1. The fourth-order valence-corrected chi connectivity index (χ4v) is 2.54. The van der Waals surface area contributed by atoms with Gasteiger partial charge in [0.2, 0.25) is 0 Å². The van der Waals surface area contributed by atoms with Crippen LogP contribution in [0.4, 0.5) is 0 Å². The van der Waals surface area contributed by atoms with E-state index in [0.717, 1.165) is 12.1 Å². The molecule has 0 spiro atoms. The summed E-state index contributed by atoms with van der Waals surface area (Å²) in [6.45, 7) is 3.22. The van der Waals surface area contributed by atoms with Gasteiger partial charge in [0.05, 0.1) is 6.61 Å². The molecule has 1 fully saturated rings. The first-order valence-electron chi connectivity index (χ1n) is 6.98. The van der Waals surface area contributed by atoms with Gasteiger partial charge in [0.1, 0.15) is 0 Å². The molecule has 0 atom stereocenters. The van der Waals surface area contributed by atoms with Gasteiger partial charge in [-0.15, -0.1) is 0 Å². The SMILES string of the molecule is CCOc1cccc(CNC2CCCCC2)c1O. The predicted octanol–water partition coefficient (Wildman–Crippen LogP) is 3.21. The molecule has 2 N–H and O–H groups in total. The number of hydrogen-bond donors (Lipinski definition) is 2. The predicted molar refractivity (Wildman–Crippen MR) is 73.0 cm³/mol. The monoisotopic (exact) mass is 249 g/mol. The fraction of sp³-hybridized carbons (Fsp3) is 0.600. The van der Waals surface area contributed by atoms with E-state index < -0.39 is 0 Å². The third-order valence-corrected chi connectivity index (χ3v) is 3.57. The van der Waals surface area contributed by atoms with Crippen molar-refractivity contribution in [1.82, 2.24) is 5.32 Å². The Morgan fingerprint density at radius 1 is 1.28 bits per heavy atom. The molecule has 0 bridgehead atoms. The lowest BCUT2D eigenvalue weighted by atomic mass is 9.95. The van der Waals surface area contributed by atoms with E-state index in [0.29, 0.717) is 18.4 Å². The van der Waals surface area contributed by atoms with Crippen molar-refractivity contribution >= 4 is 0 Å². The minimum atomic E-state index is 0.280. The summed E-state index contributed by atoms with van der Waals surface area (Å²) in [4.78, 5) is 0. The lowest BCUT2D eigenvalue weighted by Gasteiger charge is -2.23. The largest absolute Gasteiger partial charge is 0.504 e. The summed E-state index contributed by atoms with van der Waals surface area (Å²) in [7, 11) is 0. The van der Waals surface area contributed by atoms with Crippen molar-refractivity contribution in [3.05, 3.63) is 23.8 Å². The summed E-state index contributed by atoms with van der Waals surface area (Å²) < 4.78 is 5.39. The van der Waals surface area contributed by atoms with Crippen molar-refractivity contribution in [1.29, 1.82) is 0 Å². The van der Waals surface area contributed by atoms with Crippen LogP contribution < -0.4 is 10.1 Å². The molecule has 3 heteroatoms. The van der Waals surface area contributed by atoms with E-state index in [1.54, 1.807) is 0 Å². The van der Waals surface area contributed by atoms with Crippen LogP contribution in [0.25, 0.3) is 0 Å². The lowest BCUT2D eigenvalue weighted by Crippen LogP contribution is -2.30. The van der Waals surface area contributed by atoms with Gasteiger partial charge in [0, 0.05) is 18.2 Å². The van der Waals surface area contributed by atoms with Crippen molar-refractivity contribution in [3.8, 4) is 11.5 Å².